The molecule has 0 fully saturated rings. The van der Waals surface area contributed by atoms with Crippen LogP contribution in [0.15, 0.2) is 11.5 Å². The van der Waals surface area contributed by atoms with E-state index in [-0.39, 0.29) is 24.3 Å². The number of aliphatic carboxylic acids is 1. The van der Waals surface area contributed by atoms with Crippen LogP contribution in [0.5, 0.6) is 0 Å². The zero-order valence-corrected chi connectivity index (χ0v) is 20.1. The van der Waals surface area contributed by atoms with E-state index < -0.39 is 29.9 Å². The molecule has 2 amide bonds. The molecule has 0 spiro atoms. The van der Waals surface area contributed by atoms with Crippen molar-refractivity contribution >= 4 is 17.8 Å². The second kappa shape index (κ2) is 18.5. The lowest BCUT2D eigenvalue weighted by atomic mass is 10.1. The Bertz CT molecular complexity index is 589. The van der Waals surface area contributed by atoms with Gasteiger partial charge < -0.3 is 26.0 Å². The number of carbonyl (C=O) groups excluding carboxylic acids is 2. The summed E-state index contributed by atoms with van der Waals surface area (Å²) >= 11 is 0. The summed E-state index contributed by atoms with van der Waals surface area (Å²) in [5, 5.41) is 33.4. The molecule has 0 saturated heterocycles. The first kappa shape index (κ1) is 29.9. The Morgan fingerprint density at radius 1 is 0.750 bits per heavy atom. The van der Waals surface area contributed by atoms with Gasteiger partial charge >= 0.3 is 5.97 Å². The van der Waals surface area contributed by atoms with Gasteiger partial charge in [-0.25, -0.2) is 4.79 Å². The van der Waals surface area contributed by atoms with Crippen molar-refractivity contribution in [3.8, 4) is 0 Å². The summed E-state index contributed by atoms with van der Waals surface area (Å²) in [7, 11) is 0. The van der Waals surface area contributed by atoms with Crippen molar-refractivity contribution in [1.82, 2.24) is 10.6 Å². The lowest BCUT2D eigenvalue weighted by molar-refractivity contribution is -0.144. The first-order valence-electron chi connectivity index (χ1n) is 12.2. The number of carboxylic acids is 1. The smallest absolute Gasteiger partial charge is 0.328 e. The number of aliphatic hydroxyl groups excluding tert-OH is 2. The fourth-order valence-electron chi connectivity index (χ4n) is 3.38. The number of nitrogens with one attached hydrogen (secondary N) is 2. The summed E-state index contributed by atoms with van der Waals surface area (Å²) in [6.07, 6.45) is 12.4. The van der Waals surface area contributed by atoms with Crippen molar-refractivity contribution in [2.24, 2.45) is 0 Å². The van der Waals surface area contributed by atoms with E-state index >= 15 is 0 Å². The summed E-state index contributed by atoms with van der Waals surface area (Å²) in [6.45, 7) is 5.25. The largest absolute Gasteiger partial charge is 0.510 e. The van der Waals surface area contributed by atoms with Crippen LogP contribution < -0.4 is 10.6 Å². The fourth-order valence-corrected chi connectivity index (χ4v) is 3.38. The third-order valence-electron chi connectivity index (χ3n) is 5.31. The minimum atomic E-state index is -1.55. The van der Waals surface area contributed by atoms with Gasteiger partial charge in [-0.2, -0.15) is 0 Å². The number of unbranched alkanes of at least 4 members (excludes halogenated alkanes) is 10. The van der Waals surface area contributed by atoms with Gasteiger partial charge in [0.2, 0.25) is 5.91 Å². The number of hydrogen-bond donors (Lipinski definition) is 5. The Kier molecular flexibility index (Phi) is 17.3. The Hall–Kier alpha value is -2.09. The molecule has 0 aliphatic carbocycles. The Labute approximate surface area is 192 Å². The SMILES string of the molecule is CCCCCCCCCCCCCC(=O)NC(C(=O)NC(C(=O)O)C(C)O)=C(O)CCC. The summed E-state index contributed by atoms with van der Waals surface area (Å²) in [5.74, 6) is -3.06. The standard InChI is InChI=1S/C24H44N2O6/c1-4-6-7-8-9-10-11-12-13-14-15-17-20(29)25-22(19(28)16-5-2)23(30)26-21(18(3)27)24(31)32/h18,21,27-28H,4-17H2,1-3H3,(H,25,29)(H,26,30)(H,31,32). The zero-order chi connectivity index (χ0) is 24.4. The predicted molar refractivity (Wildman–Crippen MR) is 125 cm³/mol. The molecular formula is C24H44N2O6. The quantitative estimate of drug-likeness (QED) is 0.112. The molecular weight excluding hydrogens is 412 g/mol. The van der Waals surface area contributed by atoms with Crippen LogP contribution in [0, 0.1) is 0 Å². The van der Waals surface area contributed by atoms with Crippen molar-refractivity contribution in [3.05, 3.63) is 11.5 Å². The third kappa shape index (κ3) is 14.1. The molecule has 186 valence electrons. The van der Waals surface area contributed by atoms with Crippen molar-refractivity contribution in [1.29, 1.82) is 0 Å². The average Bonchev–Trinajstić information content (AvgIpc) is 2.73. The highest BCUT2D eigenvalue weighted by Crippen LogP contribution is 2.13. The highest BCUT2D eigenvalue weighted by molar-refractivity contribution is 5.99. The maximum Gasteiger partial charge on any atom is 0.328 e. The van der Waals surface area contributed by atoms with Crippen LogP contribution in [0.1, 0.15) is 111 Å². The predicted octanol–water partition coefficient (Wildman–Crippen LogP) is 4.32. The minimum absolute atomic E-state index is 0.161. The number of rotatable bonds is 19. The fraction of sp³-hybridized carbons (Fsp3) is 0.792. The second-order valence-corrected chi connectivity index (χ2v) is 8.44. The molecule has 8 nitrogen and oxygen atoms in total. The maximum atomic E-state index is 12.5. The molecule has 0 saturated carbocycles. The highest BCUT2D eigenvalue weighted by Gasteiger charge is 2.28. The average molecular weight is 457 g/mol. The summed E-state index contributed by atoms with van der Waals surface area (Å²) < 4.78 is 0. The molecule has 32 heavy (non-hydrogen) atoms. The van der Waals surface area contributed by atoms with Crippen molar-refractivity contribution in [3.63, 3.8) is 0 Å². The van der Waals surface area contributed by atoms with Gasteiger partial charge in [-0.3, -0.25) is 9.59 Å². The van der Waals surface area contributed by atoms with Crippen LogP contribution in [0.25, 0.3) is 0 Å². The molecule has 8 heteroatoms. The van der Waals surface area contributed by atoms with Crippen LogP contribution in [0.4, 0.5) is 0 Å². The molecule has 0 bridgehead atoms. The summed E-state index contributed by atoms with van der Waals surface area (Å²) in [6, 6.07) is -1.55. The van der Waals surface area contributed by atoms with Gasteiger partial charge in [0, 0.05) is 12.8 Å². The van der Waals surface area contributed by atoms with Gasteiger partial charge in [-0.1, -0.05) is 78.1 Å². The van der Waals surface area contributed by atoms with Gasteiger partial charge in [-0.15, -0.1) is 0 Å². The number of carboxylic acid groups (broad SMARTS) is 1. The number of hydrogen-bond acceptors (Lipinski definition) is 5. The molecule has 2 atom stereocenters. The molecule has 0 aliphatic heterocycles. The minimum Gasteiger partial charge on any atom is -0.510 e. The number of amides is 2. The summed E-state index contributed by atoms with van der Waals surface area (Å²) in [5.41, 5.74) is -0.355. The number of aliphatic hydroxyl groups is 2. The molecule has 0 aromatic carbocycles. The summed E-state index contributed by atoms with van der Waals surface area (Å²) in [4.78, 5) is 35.9. The second-order valence-electron chi connectivity index (χ2n) is 8.44. The van der Waals surface area contributed by atoms with Crippen LogP contribution in [-0.2, 0) is 14.4 Å². The monoisotopic (exact) mass is 456 g/mol. The molecule has 0 heterocycles. The first-order chi connectivity index (χ1) is 15.2. The van der Waals surface area contributed by atoms with Crippen LogP contribution in [0.2, 0.25) is 0 Å². The lowest BCUT2D eigenvalue weighted by Crippen LogP contribution is -2.50. The Morgan fingerprint density at radius 2 is 1.25 bits per heavy atom. The van der Waals surface area contributed by atoms with Crippen LogP contribution in [0.3, 0.4) is 0 Å². The van der Waals surface area contributed by atoms with E-state index in [1.807, 2.05) is 0 Å². The van der Waals surface area contributed by atoms with Gasteiger partial charge in [0.05, 0.1) is 6.10 Å². The third-order valence-corrected chi connectivity index (χ3v) is 5.31. The van der Waals surface area contributed by atoms with Crippen molar-refractivity contribution < 1.29 is 29.7 Å². The van der Waals surface area contributed by atoms with Gasteiger partial charge in [0.25, 0.3) is 5.91 Å². The molecule has 0 aromatic rings. The number of carbonyl (C=O) groups is 3. The first-order valence-corrected chi connectivity index (χ1v) is 12.2. The molecule has 0 aromatic heterocycles. The molecule has 2 unspecified atom stereocenters. The van der Waals surface area contributed by atoms with E-state index in [2.05, 4.69) is 17.6 Å². The highest BCUT2D eigenvalue weighted by atomic mass is 16.4. The van der Waals surface area contributed by atoms with Crippen LogP contribution in [-0.4, -0.2) is 45.2 Å². The van der Waals surface area contributed by atoms with Crippen molar-refractivity contribution in [2.45, 2.75) is 123 Å². The van der Waals surface area contributed by atoms with E-state index in [0.29, 0.717) is 12.8 Å². The maximum absolute atomic E-state index is 12.5. The van der Waals surface area contributed by atoms with E-state index in [1.165, 1.54) is 51.9 Å². The molecule has 5 N–H and O–H groups in total. The topological polar surface area (TPSA) is 136 Å². The molecule has 0 radical (unpaired) electrons. The van der Waals surface area contributed by atoms with Crippen LogP contribution >= 0.6 is 0 Å². The van der Waals surface area contributed by atoms with Gasteiger partial charge in [0.1, 0.15) is 11.5 Å². The van der Waals surface area contributed by atoms with Gasteiger partial charge in [0.15, 0.2) is 6.04 Å². The Morgan fingerprint density at radius 3 is 1.69 bits per heavy atom. The van der Waals surface area contributed by atoms with E-state index in [1.54, 1.807) is 6.92 Å². The lowest BCUT2D eigenvalue weighted by Gasteiger charge is -2.19. The van der Waals surface area contributed by atoms with Gasteiger partial charge in [-0.05, 0) is 19.8 Å². The number of allylic oxidation sites excluding steroid dienone is 1. The normalized spacial score (nSPS) is 13.8. The van der Waals surface area contributed by atoms with E-state index in [9.17, 15) is 24.6 Å². The van der Waals surface area contributed by atoms with E-state index in [4.69, 9.17) is 5.11 Å². The Balaban J connectivity index is 4.42. The zero-order valence-electron chi connectivity index (χ0n) is 20.1. The van der Waals surface area contributed by atoms with E-state index in [0.717, 1.165) is 19.3 Å². The van der Waals surface area contributed by atoms with Crippen molar-refractivity contribution in [2.75, 3.05) is 0 Å². The molecule has 0 aliphatic rings. The molecule has 0 rings (SSSR count).